The van der Waals surface area contributed by atoms with Gasteiger partial charge in [-0.2, -0.15) is 8.42 Å². The lowest BCUT2D eigenvalue weighted by molar-refractivity contribution is 0.282. The fourth-order valence-corrected chi connectivity index (χ4v) is 2.98. The second kappa shape index (κ2) is 23.6. The van der Waals surface area contributed by atoms with Gasteiger partial charge >= 0.3 is 0 Å². The molecular weight excluding hydrogens is 362 g/mol. The minimum atomic E-state index is -3.80. The van der Waals surface area contributed by atoms with Gasteiger partial charge in [-0.25, -0.2) is 0 Å². The van der Waals surface area contributed by atoms with Crippen LogP contribution < -0.4 is 5.73 Å². The van der Waals surface area contributed by atoms with Gasteiger partial charge in [-0.1, -0.05) is 83.3 Å². The van der Waals surface area contributed by atoms with E-state index in [0.717, 1.165) is 6.42 Å². The first-order valence-corrected chi connectivity index (χ1v) is 12.5. The van der Waals surface area contributed by atoms with Crippen LogP contribution >= 0.6 is 0 Å². The number of allylic oxidation sites excluding steroid dienone is 2. The lowest BCUT2D eigenvalue weighted by atomic mass is 10.1. The summed E-state index contributed by atoms with van der Waals surface area (Å²) in [6.45, 7) is 2.61. The summed E-state index contributed by atoms with van der Waals surface area (Å²) in [6.07, 6.45) is 24.7. The number of aliphatic hydroxyl groups excluding tert-OH is 1. The van der Waals surface area contributed by atoms with Gasteiger partial charge < -0.3 is 10.8 Å². The fraction of sp³-hybridized carbons (Fsp3) is 0.905. The van der Waals surface area contributed by atoms with E-state index < -0.39 is 10.1 Å². The number of hydrogen-bond acceptors (Lipinski definition) is 4. The zero-order valence-electron chi connectivity index (χ0n) is 17.6. The Labute approximate surface area is 168 Å². The maximum absolute atomic E-state index is 9.71. The van der Waals surface area contributed by atoms with E-state index in [1.165, 1.54) is 89.9 Å². The second-order valence-electron chi connectivity index (χ2n) is 7.09. The van der Waals surface area contributed by atoms with E-state index in [2.05, 4.69) is 19.1 Å². The molecule has 0 aromatic heterocycles. The average Bonchev–Trinajstić information content (AvgIpc) is 2.61. The summed E-state index contributed by atoms with van der Waals surface area (Å²) in [5.74, 6) is -0.354. The van der Waals surface area contributed by atoms with Crippen molar-refractivity contribution < 1.29 is 18.1 Å². The third-order valence-electron chi connectivity index (χ3n) is 4.30. The Bertz CT molecular complexity index is 377. The highest BCUT2D eigenvalue weighted by Gasteiger charge is 1.98. The number of nitrogens with two attached hydrogens (primary N) is 1. The summed E-state index contributed by atoms with van der Waals surface area (Å²) in [5, 5.41) is 8.67. The maximum atomic E-state index is 9.71. The van der Waals surface area contributed by atoms with Gasteiger partial charge in [0.05, 0.1) is 5.75 Å². The third-order valence-corrected chi connectivity index (χ3v) is 5.05. The van der Waals surface area contributed by atoms with Gasteiger partial charge in [0.25, 0.3) is 10.1 Å². The molecule has 27 heavy (non-hydrogen) atoms. The van der Waals surface area contributed by atoms with E-state index in [-0.39, 0.29) is 12.3 Å². The zero-order chi connectivity index (χ0) is 20.6. The van der Waals surface area contributed by atoms with Crippen molar-refractivity contribution in [1.29, 1.82) is 0 Å². The fourth-order valence-electron chi connectivity index (χ4n) is 2.69. The molecule has 0 fully saturated rings. The molecule has 0 radical (unpaired) electrons. The van der Waals surface area contributed by atoms with Crippen molar-refractivity contribution in [3.63, 3.8) is 0 Å². The standard InChI is InChI=1S/C19H38O.C2H7NO3S/c1-2-3-4-5-6-7-8-9-10-11-12-13-14-15-16-17-18-19-20;3-1-2-7(4,5)6/h10-11,20H,2-9,12-19H2,1H3;1-3H2,(H,4,5,6)/b11-10-;. The van der Waals surface area contributed by atoms with Gasteiger partial charge in [0.2, 0.25) is 0 Å². The van der Waals surface area contributed by atoms with E-state index in [0.29, 0.717) is 6.61 Å². The molecule has 0 aromatic carbocycles. The van der Waals surface area contributed by atoms with Gasteiger partial charge in [-0.05, 0) is 32.1 Å². The molecule has 6 heteroatoms. The van der Waals surface area contributed by atoms with Gasteiger partial charge in [-0.3, -0.25) is 4.55 Å². The monoisotopic (exact) mass is 407 g/mol. The molecule has 0 bridgehead atoms. The van der Waals surface area contributed by atoms with Crippen LogP contribution in [0.5, 0.6) is 0 Å². The highest BCUT2D eigenvalue weighted by atomic mass is 32.2. The first kappa shape index (κ1) is 28.8. The molecular formula is C21H45NO4S. The third kappa shape index (κ3) is 33.6. The molecule has 0 rings (SSSR count). The Morgan fingerprint density at radius 2 is 1.15 bits per heavy atom. The summed E-state index contributed by atoms with van der Waals surface area (Å²) in [6, 6.07) is 0. The van der Waals surface area contributed by atoms with Crippen LogP contribution in [0.1, 0.15) is 103 Å². The SMILES string of the molecule is CCCCCCCCC/C=C\CCCCCCCCO.NCCS(=O)(=O)O. The minimum Gasteiger partial charge on any atom is -0.396 e. The molecule has 5 nitrogen and oxygen atoms in total. The van der Waals surface area contributed by atoms with Crippen LogP contribution in [-0.2, 0) is 10.1 Å². The first-order chi connectivity index (χ1) is 13.0. The number of rotatable bonds is 18. The molecule has 0 aliphatic heterocycles. The van der Waals surface area contributed by atoms with E-state index in [1.807, 2.05) is 0 Å². The zero-order valence-corrected chi connectivity index (χ0v) is 18.4. The van der Waals surface area contributed by atoms with Crippen molar-refractivity contribution in [2.45, 2.75) is 103 Å². The summed E-state index contributed by atoms with van der Waals surface area (Å²) < 4.78 is 27.3. The molecule has 0 saturated heterocycles. The van der Waals surface area contributed by atoms with Gasteiger partial charge in [-0.15, -0.1) is 0 Å². The topological polar surface area (TPSA) is 101 Å². The maximum Gasteiger partial charge on any atom is 0.266 e. The lowest BCUT2D eigenvalue weighted by Gasteiger charge is -1.99. The highest BCUT2D eigenvalue weighted by molar-refractivity contribution is 7.85. The molecule has 0 atom stereocenters. The van der Waals surface area contributed by atoms with Crippen LogP contribution in [0, 0.1) is 0 Å². The highest BCUT2D eigenvalue weighted by Crippen LogP contribution is 2.10. The van der Waals surface area contributed by atoms with Crippen molar-refractivity contribution in [2.24, 2.45) is 5.73 Å². The van der Waals surface area contributed by atoms with Gasteiger partial charge in [0.15, 0.2) is 0 Å². The largest absolute Gasteiger partial charge is 0.396 e. The van der Waals surface area contributed by atoms with Gasteiger partial charge in [0.1, 0.15) is 0 Å². The summed E-state index contributed by atoms with van der Waals surface area (Å²) in [7, 11) is -3.80. The van der Waals surface area contributed by atoms with Crippen LogP contribution in [-0.4, -0.2) is 37.0 Å². The predicted molar refractivity (Wildman–Crippen MR) is 117 cm³/mol. The van der Waals surface area contributed by atoms with Crippen LogP contribution in [0.15, 0.2) is 12.2 Å². The van der Waals surface area contributed by atoms with Crippen molar-refractivity contribution in [3.05, 3.63) is 12.2 Å². The predicted octanol–water partition coefficient (Wildman–Crippen LogP) is 5.24. The number of unbranched alkanes of at least 4 members (excludes halogenated alkanes) is 13. The summed E-state index contributed by atoms with van der Waals surface area (Å²) >= 11 is 0. The van der Waals surface area contributed by atoms with Crippen LogP contribution in [0.25, 0.3) is 0 Å². The lowest BCUT2D eigenvalue weighted by Crippen LogP contribution is -2.13. The van der Waals surface area contributed by atoms with E-state index in [9.17, 15) is 8.42 Å². The van der Waals surface area contributed by atoms with Crippen molar-refractivity contribution in [2.75, 3.05) is 18.9 Å². The quantitative estimate of drug-likeness (QED) is 0.164. The van der Waals surface area contributed by atoms with Gasteiger partial charge in [0, 0.05) is 13.2 Å². The smallest absolute Gasteiger partial charge is 0.266 e. The molecule has 0 heterocycles. The van der Waals surface area contributed by atoms with E-state index in [4.69, 9.17) is 15.4 Å². The normalized spacial score (nSPS) is 11.6. The number of hydrogen-bond donors (Lipinski definition) is 3. The Morgan fingerprint density at radius 3 is 1.48 bits per heavy atom. The van der Waals surface area contributed by atoms with Crippen LogP contribution in [0.2, 0.25) is 0 Å². The average molecular weight is 408 g/mol. The Kier molecular flexibility index (Phi) is 25.2. The summed E-state index contributed by atoms with van der Waals surface area (Å²) in [4.78, 5) is 0. The minimum absolute atomic E-state index is 0.0289. The van der Waals surface area contributed by atoms with Crippen LogP contribution in [0.3, 0.4) is 0 Å². The molecule has 0 amide bonds. The Morgan fingerprint density at radius 1 is 0.741 bits per heavy atom. The van der Waals surface area contributed by atoms with Crippen molar-refractivity contribution in [1.82, 2.24) is 0 Å². The van der Waals surface area contributed by atoms with Crippen LogP contribution in [0.4, 0.5) is 0 Å². The Hall–Kier alpha value is -0.430. The molecule has 4 N–H and O–H groups in total. The van der Waals surface area contributed by atoms with Crippen molar-refractivity contribution in [3.8, 4) is 0 Å². The van der Waals surface area contributed by atoms with E-state index in [1.54, 1.807) is 0 Å². The molecule has 0 aliphatic rings. The number of aliphatic hydroxyl groups is 1. The first-order valence-electron chi connectivity index (χ1n) is 10.9. The van der Waals surface area contributed by atoms with Crippen molar-refractivity contribution >= 4 is 10.1 Å². The summed E-state index contributed by atoms with van der Waals surface area (Å²) in [5.41, 5.74) is 4.78. The molecule has 0 spiro atoms. The molecule has 0 aliphatic carbocycles. The Balaban J connectivity index is 0. The molecule has 164 valence electrons. The second-order valence-corrected chi connectivity index (χ2v) is 8.66. The van der Waals surface area contributed by atoms with E-state index >= 15 is 0 Å². The molecule has 0 aromatic rings. The molecule has 0 unspecified atom stereocenters. The molecule has 0 saturated carbocycles.